The Labute approximate surface area is 304 Å². The summed E-state index contributed by atoms with van der Waals surface area (Å²) < 4.78 is 6.14. The van der Waals surface area contributed by atoms with Crippen LogP contribution in [0, 0.1) is 56.2 Å². The molecule has 1 heterocycles. The summed E-state index contributed by atoms with van der Waals surface area (Å²) in [5, 5.41) is 9.58. The molecular weight excluding hydrogens is 652 g/mol. The number of esters is 1. The fourth-order valence-corrected chi connectivity index (χ4v) is 12.5. The van der Waals surface area contributed by atoms with Gasteiger partial charge in [-0.25, -0.2) is 9.97 Å². The number of halogens is 1. The molecule has 50 heavy (non-hydrogen) atoms. The molecule has 6 rings (SSSR count). The molecule has 9 heteroatoms. The summed E-state index contributed by atoms with van der Waals surface area (Å²) in [7, 11) is 0. The van der Waals surface area contributed by atoms with Crippen molar-refractivity contribution in [3.05, 3.63) is 35.4 Å². The second-order valence-electron chi connectivity index (χ2n) is 18.8. The Morgan fingerprint density at radius 2 is 1.66 bits per heavy atom. The van der Waals surface area contributed by atoms with Crippen LogP contribution in [0.3, 0.4) is 0 Å². The van der Waals surface area contributed by atoms with Crippen LogP contribution in [-0.4, -0.2) is 44.7 Å². The molecule has 0 unspecified atom stereocenters. The van der Waals surface area contributed by atoms with E-state index in [1.54, 1.807) is 20.0 Å². The SMILES string of the molecule is CC(C)C1=C2[C@H]3CC[C@@H]4[C@@]5(C)CC[C@H](OC(=O)CC(C)(C)C(=O)O)C(C)(C)[C@@H]5CC[C@@]4(C)[C@]3(C)CC[C@@]2(C(=O)Cc2ccncn2)CC1=O.Cl. The van der Waals surface area contributed by atoms with Gasteiger partial charge in [-0.15, -0.1) is 12.4 Å². The van der Waals surface area contributed by atoms with E-state index >= 15 is 0 Å². The number of carbonyl (C=O) groups is 4. The summed E-state index contributed by atoms with van der Waals surface area (Å²) in [5.74, 6) is -0.0572. The van der Waals surface area contributed by atoms with E-state index in [9.17, 15) is 24.3 Å². The number of hydrogen-bond donors (Lipinski definition) is 1. The Balaban J connectivity index is 0.00000486. The highest BCUT2D eigenvalue weighted by molar-refractivity contribution is 6.07. The van der Waals surface area contributed by atoms with Gasteiger partial charge in [0.15, 0.2) is 5.78 Å². The van der Waals surface area contributed by atoms with Crippen molar-refractivity contribution in [2.24, 2.45) is 56.2 Å². The lowest BCUT2D eigenvalue weighted by Crippen LogP contribution is -2.66. The molecule has 8 atom stereocenters. The Bertz CT molecular complexity index is 1590. The smallest absolute Gasteiger partial charge is 0.309 e. The molecule has 276 valence electrons. The number of ketones is 2. The third-order valence-electron chi connectivity index (χ3n) is 15.3. The van der Waals surface area contributed by atoms with Gasteiger partial charge < -0.3 is 9.84 Å². The van der Waals surface area contributed by atoms with Crippen LogP contribution < -0.4 is 0 Å². The van der Waals surface area contributed by atoms with Crippen LogP contribution in [0.4, 0.5) is 0 Å². The molecule has 1 N–H and O–H groups in total. The van der Waals surface area contributed by atoms with E-state index in [1.165, 1.54) is 11.9 Å². The number of aromatic nitrogens is 2. The number of nitrogens with zero attached hydrogens (tertiary/aromatic N) is 2. The number of carboxylic acids is 1. The van der Waals surface area contributed by atoms with Gasteiger partial charge in [0.25, 0.3) is 0 Å². The zero-order valence-corrected chi connectivity index (χ0v) is 32.5. The van der Waals surface area contributed by atoms with Crippen molar-refractivity contribution in [3.63, 3.8) is 0 Å². The second-order valence-corrected chi connectivity index (χ2v) is 18.8. The average molecular weight is 711 g/mol. The Morgan fingerprint density at radius 3 is 2.28 bits per heavy atom. The maximum atomic E-state index is 14.4. The molecule has 5 aliphatic rings. The van der Waals surface area contributed by atoms with Crippen LogP contribution >= 0.6 is 12.4 Å². The van der Waals surface area contributed by atoms with E-state index in [4.69, 9.17) is 4.74 Å². The van der Waals surface area contributed by atoms with Crippen molar-refractivity contribution in [2.45, 2.75) is 139 Å². The minimum absolute atomic E-state index is 0. The summed E-state index contributed by atoms with van der Waals surface area (Å²) in [4.78, 5) is 61.5. The first-order valence-electron chi connectivity index (χ1n) is 18.7. The number of carboxylic acid groups (broad SMARTS) is 1. The van der Waals surface area contributed by atoms with E-state index in [0.717, 1.165) is 50.5 Å². The fraction of sp³-hybridized carbons (Fsp3) is 0.756. The number of carbonyl (C=O) groups excluding carboxylic acids is 3. The van der Waals surface area contributed by atoms with Crippen molar-refractivity contribution >= 4 is 35.9 Å². The largest absolute Gasteiger partial charge is 0.481 e. The lowest BCUT2D eigenvalue weighted by atomic mass is 9.33. The lowest BCUT2D eigenvalue weighted by Gasteiger charge is -2.72. The van der Waals surface area contributed by atoms with Crippen LogP contribution in [0.2, 0.25) is 0 Å². The first kappa shape index (κ1) is 38.6. The van der Waals surface area contributed by atoms with Crippen LogP contribution in [0.15, 0.2) is 29.7 Å². The molecule has 4 saturated carbocycles. The van der Waals surface area contributed by atoms with Crippen molar-refractivity contribution in [1.82, 2.24) is 9.97 Å². The number of ether oxygens (including phenoxy) is 1. The van der Waals surface area contributed by atoms with Crippen molar-refractivity contribution in [1.29, 1.82) is 0 Å². The summed E-state index contributed by atoms with van der Waals surface area (Å²) in [6.07, 6.45) is 10.8. The second kappa shape index (κ2) is 12.8. The normalized spacial score (nSPS) is 37.5. The summed E-state index contributed by atoms with van der Waals surface area (Å²) in [6.45, 7) is 19.4. The predicted octanol–water partition coefficient (Wildman–Crippen LogP) is 8.40. The average Bonchev–Trinajstić information content (AvgIpc) is 3.32. The van der Waals surface area contributed by atoms with Gasteiger partial charge in [-0.05, 0) is 122 Å². The molecule has 0 aliphatic heterocycles. The van der Waals surface area contributed by atoms with Gasteiger partial charge in [0, 0.05) is 24.5 Å². The van der Waals surface area contributed by atoms with E-state index in [2.05, 4.69) is 58.4 Å². The molecule has 4 fully saturated rings. The highest BCUT2D eigenvalue weighted by Crippen LogP contribution is 2.76. The van der Waals surface area contributed by atoms with Gasteiger partial charge in [0.1, 0.15) is 18.2 Å². The minimum Gasteiger partial charge on any atom is -0.481 e. The molecule has 0 bridgehead atoms. The number of Topliss-reactive ketones (excluding diaryl/α,β-unsaturated/α-hetero) is 2. The molecule has 0 amide bonds. The molecule has 0 saturated heterocycles. The number of hydrogen-bond acceptors (Lipinski definition) is 7. The molecule has 1 aromatic heterocycles. The van der Waals surface area contributed by atoms with Gasteiger partial charge in [0.05, 0.1) is 22.9 Å². The monoisotopic (exact) mass is 710 g/mol. The molecular formula is C41H59ClN2O6. The third kappa shape index (κ3) is 5.60. The van der Waals surface area contributed by atoms with Crippen molar-refractivity contribution < 1.29 is 29.0 Å². The molecule has 1 aromatic rings. The van der Waals surface area contributed by atoms with Crippen molar-refractivity contribution in [2.75, 3.05) is 0 Å². The van der Waals surface area contributed by atoms with Crippen LogP contribution in [0.1, 0.15) is 132 Å². The number of rotatable bonds is 8. The molecule has 8 nitrogen and oxygen atoms in total. The van der Waals surface area contributed by atoms with E-state index in [0.29, 0.717) is 30.4 Å². The molecule has 0 aromatic carbocycles. The number of aliphatic carboxylic acids is 1. The maximum absolute atomic E-state index is 14.4. The first-order chi connectivity index (χ1) is 22.7. The van der Waals surface area contributed by atoms with Crippen LogP contribution in [0.5, 0.6) is 0 Å². The highest BCUT2D eigenvalue weighted by atomic mass is 35.5. The Morgan fingerprint density at radius 1 is 0.960 bits per heavy atom. The summed E-state index contributed by atoms with van der Waals surface area (Å²) in [5.41, 5.74) is 0.655. The predicted molar refractivity (Wildman–Crippen MR) is 193 cm³/mol. The molecule has 0 radical (unpaired) electrons. The van der Waals surface area contributed by atoms with Crippen LogP contribution in [0.25, 0.3) is 0 Å². The van der Waals surface area contributed by atoms with Crippen LogP contribution in [-0.2, 0) is 30.3 Å². The zero-order valence-electron chi connectivity index (χ0n) is 31.7. The zero-order chi connectivity index (χ0) is 35.9. The van der Waals surface area contributed by atoms with Gasteiger partial charge in [-0.2, -0.15) is 0 Å². The highest BCUT2D eigenvalue weighted by Gasteiger charge is 2.71. The van der Waals surface area contributed by atoms with E-state index in [-0.39, 0.29) is 76.4 Å². The minimum atomic E-state index is -1.17. The standard InChI is InChI=1S/C41H58N2O6.ClH/c1-24(2)33-27(44)21-41(30(45)20-25-14-19-42-23-43-25)18-17-39(8)26(34(33)41)10-11-29-38(7)15-13-31(49-32(46)22-36(3,4)35(47)48)37(5,6)28(38)12-16-40(29,39)9;/h14,19,23-24,26,28-29,31H,10-13,15-18,20-22H2,1-9H3,(H,47,48);1H/t26-,28+,29-,31+,38+,39-,40-,41+;/m1./s1. The van der Waals surface area contributed by atoms with Gasteiger partial charge in [0.2, 0.25) is 0 Å². The molecule has 0 spiro atoms. The fourth-order valence-electron chi connectivity index (χ4n) is 12.5. The topological polar surface area (TPSA) is 124 Å². The molecule has 5 aliphatic carbocycles. The Hall–Kier alpha value is -2.61. The van der Waals surface area contributed by atoms with E-state index in [1.807, 2.05) is 6.07 Å². The Kier molecular flexibility index (Phi) is 9.89. The van der Waals surface area contributed by atoms with Crippen molar-refractivity contribution in [3.8, 4) is 0 Å². The maximum Gasteiger partial charge on any atom is 0.309 e. The summed E-state index contributed by atoms with van der Waals surface area (Å²) >= 11 is 0. The summed E-state index contributed by atoms with van der Waals surface area (Å²) in [6, 6.07) is 1.81. The first-order valence-corrected chi connectivity index (χ1v) is 18.7. The number of allylic oxidation sites excluding steroid dienone is 2. The van der Waals surface area contributed by atoms with Gasteiger partial charge >= 0.3 is 11.9 Å². The number of fused-ring (bicyclic) bond motifs is 7. The van der Waals surface area contributed by atoms with Gasteiger partial charge in [-0.1, -0.05) is 48.5 Å². The van der Waals surface area contributed by atoms with E-state index < -0.39 is 22.8 Å². The third-order valence-corrected chi connectivity index (χ3v) is 15.3. The quantitative estimate of drug-likeness (QED) is 0.267. The van der Waals surface area contributed by atoms with Gasteiger partial charge in [-0.3, -0.25) is 19.2 Å². The lowest BCUT2D eigenvalue weighted by molar-refractivity contribution is -0.233.